The van der Waals surface area contributed by atoms with Crippen LogP contribution in [0.25, 0.3) is 0 Å². The quantitative estimate of drug-likeness (QED) is 0.724. The van der Waals surface area contributed by atoms with Crippen LogP contribution in [0, 0.1) is 0 Å². The zero-order valence-electron chi connectivity index (χ0n) is 12.3. The van der Waals surface area contributed by atoms with Gasteiger partial charge in [-0.3, -0.25) is 4.98 Å². The molecule has 0 radical (unpaired) electrons. The number of halogens is 1. The van der Waals surface area contributed by atoms with E-state index in [4.69, 9.17) is 11.6 Å². The maximum Gasteiger partial charge on any atom is 0.244 e. The molecule has 0 fully saturated rings. The topological polar surface area (TPSA) is 75.6 Å². The number of pyridine rings is 1. The lowest BCUT2D eigenvalue weighted by molar-refractivity contribution is 0.937. The van der Waals surface area contributed by atoms with Gasteiger partial charge in [0.05, 0.1) is 6.20 Å². The fourth-order valence-corrected chi connectivity index (χ4v) is 2.18. The van der Waals surface area contributed by atoms with Gasteiger partial charge in [0.2, 0.25) is 5.95 Å². The highest BCUT2D eigenvalue weighted by atomic mass is 35.5. The molecule has 2 N–H and O–H groups in total. The van der Waals surface area contributed by atoms with E-state index in [9.17, 15) is 0 Å². The maximum atomic E-state index is 6.13. The van der Waals surface area contributed by atoms with E-state index >= 15 is 0 Å². The van der Waals surface area contributed by atoms with Crippen LogP contribution in [0.2, 0.25) is 5.02 Å². The zero-order chi connectivity index (χ0) is 15.9. The Morgan fingerprint density at radius 2 is 1.78 bits per heavy atom. The van der Waals surface area contributed by atoms with Gasteiger partial charge >= 0.3 is 0 Å². The minimum atomic E-state index is 0.449. The summed E-state index contributed by atoms with van der Waals surface area (Å²) in [6, 6.07) is 11.5. The first kappa shape index (κ1) is 15.2. The molecule has 2 heterocycles. The molecule has 0 atom stereocenters. The van der Waals surface area contributed by atoms with Gasteiger partial charge in [-0.05, 0) is 29.3 Å². The Balaban J connectivity index is 1.60. The number of benzene rings is 1. The monoisotopic (exact) mass is 326 g/mol. The van der Waals surface area contributed by atoms with Crippen LogP contribution in [0.4, 0.5) is 11.8 Å². The molecular weight excluding hydrogens is 312 g/mol. The summed E-state index contributed by atoms with van der Waals surface area (Å²) in [5, 5.41) is 15.0. The number of aromatic nitrogens is 4. The van der Waals surface area contributed by atoms with Crippen molar-refractivity contribution in [3.8, 4) is 0 Å². The van der Waals surface area contributed by atoms with E-state index in [1.54, 1.807) is 18.6 Å². The smallest absolute Gasteiger partial charge is 0.244 e. The van der Waals surface area contributed by atoms with Crippen molar-refractivity contribution in [1.29, 1.82) is 0 Å². The summed E-state index contributed by atoms with van der Waals surface area (Å²) in [4.78, 5) is 8.37. The first-order valence-electron chi connectivity index (χ1n) is 7.11. The fourth-order valence-electron chi connectivity index (χ4n) is 1.97. The number of rotatable bonds is 6. The Labute approximate surface area is 139 Å². The minimum absolute atomic E-state index is 0.449. The molecule has 0 aliphatic carbocycles. The molecule has 23 heavy (non-hydrogen) atoms. The Morgan fingerprint density at radius 1 is 0.957 bits per heavy atom. The molecule has 7 heteroatoms. The van der Waals surface area contributed by atoms with Crippen molar-refractivity contribution >= 4 is 23.4 Å². The van der Waals surface area contributed by atoms with Gasteiger partial charge in [-0.1, -0.05) is 29.8 Å². The third-order valence-corrected chi connectivity index (χ3v) is 3.55. The predicted molar refractivity (Wildman–Crippen MR) is 90.2 cm³/mol. The molecular formula is C16H15ClN6. The number of nitrogens with one attached hydrogen (secondary N) is 2. The summed E-state index contributed by atoms with van der Waals surface area (Å²) in [6.07, 6.45) is 5.10. The molecule has 0 amide bonds. The summed E-state index contributed by atoms with van der Waals surface area (Å²) < 4.78 is 0. The lowest BCUT2D eigenvalue weighted by Crippen LogP contribution is -2.08. The summed E-state index contributed by atoms with van der Waals surface area (Å²) in [5.41, 5.74) is 2.09. The average Bonchev–Trinajstić information content (AvgIpc) is 2.61. The van der Waals surface area contributed by atoms with Gasteiger partial charge in [-0.25, -0.2) is 0 Å². The van der Waals surface area contributed by atoms with Crippen LogP contribution < -0.4 is 10.6 Å². The molecule has 2 aromatic heterocycles. The lowest BCUT2D eigenvalue weighted by Gasteiger charge is -2.08. The van der Waals surface area contributed by atoms with Crippen molar-refractivity contribution in [3.05, 3.63) is 71.1 Å². The maximum absolute atomic E-state index is 6.13. The lowest BCUT2D eigenvalue weighted by atomic mass is 10.2. The molecule has 3 rings (SSSR count). The average molecular weight is 327 g/mol. The van der Waals surface area contributed by atoms with Crippen molar-refractivity contribution in [3.63, 3.8) is 0 Å². The van der Waals surface area contributed by atoms with Gasteiger partial charge in [-0.15, -0.1) is 5.10 Å². The number of nitrogens with zero attached hydrogens (tertiary/aromatic N) is 4. The summed E-state index contributed by atoms with van der Waals surface area (Å²) in [7, 11) is 0. The second-order valence-corrected chi connectivity index (χ2v) is 5.23. The highest BCUT2D eigenvalue weighted by molar-refractivity contribution is 6.31. The Hall–Kier alpha value is -2.73. The molecule has 0 saturated heterocycles. The van der Waals surface area contributed by atoms with Gasteiger partial charge in [0.15, 0.2) is 5.82 Å². The summed E-state index contributed by atoms with van der Waals surface area (Å²) in [5.74, 6) is 1.10. The van der Waals surface area contributed by atoms with Crippen LogP contribution >= 0.6 is 11.6 Å². The summed E-state index contributed by atoms with van der Waals surface area (Å²) >= 11 is 6.13. The molecule has 0 bridgehead atoms. The predicted octanol–water partition coefficient (Wildman–Crippen LogP) is 3.14. The minimum Gasteiger partial charge on any atom is -0.365 e. The second kappa shape index (κ2) is 7.51. The van der Waals surface area contributed by atoms with Crippen LogP contribution in [0.3, 0.4) is 0 Å². The molecule has 0 unspecified atom stereocenters. The van der Waals surface area contributed by atoms with E-state index in [1.807, 2.05) is 36.4 Å². The first-order valence-corrected chi connectivity index (χ1v) is 7.49. The van der Waals surface area contributed by atoms with Gasteiger partial charge in [0.25, 0.3) is 0 Å². The number of anilines is 2. The SMILES string of the molecule is Clc1ccccc1CNc1nncc(NCc2ccncc2)n1. The molecule has 3 aromatic rings. The standard InChI is InChI=1S/C16H15ClN6/c17-14-4-2-1-3-13(14)10-20-16-22-15(11-21-23-16)19-9-12-5-7-18-8-6-12/h1-8,11H,9-10H2,(H2,19,20,22,23). The van der Waals surface area contributed by atoms with Gasteiger partial charge < -0.3 is 10.6 Å². The third kappa shape index (κ3) is 4.37. The van der Waals surface area contributed by atoms with E-state index in [0.717, 1.165) is 11.1 Å². The molecule has 1 aromatic carbocycles. The fraction of sp³-hybridized carbons (Fsp3) is 0.125. The van der Waals surface area contributed by atoms with Crippen LogP contribution in [0.15, 0.2) is 55.0 Å². The van der Waals surface area contributed by atoms with Crippen LogP contribution in [-0.4, -0.2) is 20.2 Å². The van der Waals surface area contributed by atoms with Crippen LogP contribution in [0.5, 0.6) is 0 Å². The first-order chi connectivity index (χ1) is 11.3. The van der Waals surface area contributed by atoms with Crippen molar-refractivity contribution in [2.24, 2.45) is 0 Å². The highest BCUT2D eigenvalue weighted by Gasteiger charge is 2.03. The third-order valence-electron chi connectivity index (χ3n) is 3.18. The highest BCUT2D eigenvalue weighted by Crippen LogP contribution is 2.16. The van der Waals surface area contributed by atoms with Gasteiger partial charge in [0.1, 0.15) is 0 Å². The molecule has 6 nitrogen and oxygen atoms in total. The van der Waals surface area contributed by atoms with Crippen LogP contribution in [-0.2, 0) is 13.1 Å². The second-order valence-electron chi connectivity index (χ2n) is 4.82. The molecule has 0 aliphatic rings. The van der Waals surface area contributed by atoms with Crippen molar-refractivity contribution in [1.82, 2.24) is 20.2 Å². The van der Waals surface area contributed by atoms with E-state index in [0.29, 0.717) is 29.9 Å². The Bertz CT molecular complexity index is 765. The number of hydrogen-bond acceptors (Lipinski definition) is 6. The van der Waals surface area contributed by atoms with Gasteiger partial charge in [0, 0.05) is 30.5 Å². The van der Waals surface area contributed by atoms with Crippen molar-refractivity contribution in [2.75, 3.05) is 10.6 Å². The molecule has 0 spiro atoms. The molecule has 0 aliphatic heterocycles. The molecule has 0 saturated carbocycles. The normalized spacial score (nSPS) is 10.3. The number of hydrogen-bond donors (Lipinski definition) is 2. The summed E-state index contributed by atoms with van der Waals surface area (Å²) in [6.45, 7) is 1.18. The van der Waals surface area contributed by atoms with E-state index < -0.39 is 0 Å². The largest absolute Gasteiger partial charge is 0.365 e. The van der Waals surface area contributed by atoms with E-state index in [-0.39, 0.29) is 0 Å². The van der Waals surface area contributed by atoms with E-state index in [1.165, 1.54) is 0 Å². The van der Waals surface area contributed by atoms with Crippen LogP contribution in [0.1, 0.15) is 11.1 Å². The van der Waals surface area contributed by atoms with Gasteiger partial charge in [-0.2, -0.15) is 10.1 Å². The van der Waals surface area contributed by atoms with Crippen molar-refractivity contribution < 1.29 is 0 Å². The zero-order valence-corrected chi connectivity index (χ0v) is 13.0. The molecule has 116 valence electrons. The van der Waals surface area contributed by atoms with E-state index in [2.05, 4.69) is 30.8 Å². The Kier molecular flexibility index (Phi) is 4.95. The Morgan fingerprint density at radius 3 is 2.61 bits per heavy atom. The van der Waals surface area contributed by atoms with Crippen molar-refractivity contribution in [2.45, 2.75) is 13.1 Å².